The Morgan fingerprint density at radius 3 is 2.21 bits per heavy atom. The highest BCUT2D eigenvalue weighted by Gasteiger charge is 2.37. The molecule has 0 spiro atoms. The third-order valence-corrected chi connectivity index (χ3v) is 2.61. The number of hydrogen-bond acceptors (Lipinski definition) is 4. The SMILES string of the molecule is CNCC(O)c1ccc(C(F)(F)F)c(OC)c1OC. The minimum atomic E-state index is -4.55. The molecule has 7 heteroatoms. The fourth-order valence-corrected chi connectivity index (χ4v) is 1.78. The zero-order valence-electron chi connectivity index (χ0n) is 10.8. The minimum absolute atomic E-state index is 0.111. The zero-order valence-corrected chi connectivity index (χ0v) is 10.8. The second-order valence-electron chi connectivity index (χ2n) is 3.84. The summed E-state index contributed by atoms with van der Waals surface area (Å²) in [5.74, 6) is -0.539. The van der Waals surface area contributed by atoms with Gasteiger partial charge in [0.25, 0.3) is 0 Å². The molecule has 2 N–H and O–H groups in total. The number of hydrogen-bond donors (Lipinski definition) is 2. The molecule has 0 heterocycles. The van der Waals surface area contributed by atoms with E-state index in [0.717, 1.165) is 13.2 Å². The fourth-order valence-electron chi connectivity index (χ4n) is 1.78. The van der Waals surface area contributed by atoms with Crippen LogP contribution in [0.4, 0.5) is 13.2 Å². The van der Waals surface area contributed by atoms with Crippen molar-refractivity contribution in [2.75, 3.05) is 27.8 Å². The standard InChI is InChI=1S/C12H16F3NO3/c1-16-6-9(17)7-4-5-8(12(13,14)15)11(19-3)10(7)18-2/h4-5,9,16-17H,6H2,1-3H3. The summed E-state index contributed by atoms with van der Waals surface area (Å²) in [6, 6.07) is 2.06. The number of alkyl halides is 3. The van der Waals surface area contributed by atoms with Crippen molar-refractivity contribution >= 4 is 0 Å². The Kier molecular flexibility index (Phi) is 5.02. The summed E-state index contributed by atoms with van der Waals surface area (Å²) in [7, 11) is 3.98. The fraction of sp³-hybridized carbons (Fsp3) is 0.500. The Bertz CT molecular complexity index is 435. The molecular formula is C12H16F3NO3. The van der Waals surface area contributed by atoms with Gasteiger partial charge >= 0.3 is 6.18 Å². The number of aliphatic hydroxyl groups is 1. The summed E-state index contributed by atoms with van der Waals surface area (Å²) < 4.78 is 48.2. The molecule has 0 saturated heterocycles. The molecule has 0 saturated carbocycles. The van der Waals surface area contributed by atoms with Gasteiger partial charge < -0.3 is 19.9 Å². The van der Waals surface area contributed by atoms with E-state index in [0.29, 0.717) is 0 Å². The number of methoxy groups -OCH3 is 2. The van der Waals surface area contributed by atoms with Crippen LogP contribution in [0.1, 0.15) is 17.2 Å². The lowest BCUT2D eigenvalue weighted by molar-refractivity contribution is -0.138. The Morgan fingerprint density at radius 1 is 1.21 bits per heavy atom. The number of ether oxygens (including phenoxy) is 2. The van der Waals surface area contributed by atoms with Crippen molar-refractivity contribution in [2.45, 2.75) is 12.3 Å². The molecule has 1 rings (SSSR count). The van der Waals surface area contributed by atoms with Crippen molar-refractivity contribution < 1.29 is 27.8 Å². The third-order valence-electron chi connectivity index (χ3n) is 2.61. The third kappa shape index (κ3) is 3.30. The van der Waals surface area contributed by atoms with E-state index in [1.807, 2.05) is 0 Å². The predicted octanol–water partition coefficient (Wildman–Crippen LogP) is 1.98. The molecular weight excluding hydrogens is 263 g/mol. The highest BCUT2D eigenvalue weighted by Crippen LogP contribution is 2.44. The van der Waals surface area contributed by atoms with Gasteiger partial charge in [0.1, 0.15) is 5.56 Å². The molecule has 0 aromatic heterocycles. The van der Waals surface area contributed by atoms with Crippen LogP contribution in [0.15, 0.2) is 12.1 Å². The second-order valence-corrected chi connectivity index (χ2v) is 3.84. The summed E-state index contributed by atoms with van der Waals surface area (Å²) in [4.78, 5) is 0. The first-order valence-corrected chi connectivity index (χ1v) is 5.51. The van der Waals surface area contributed by atoms with Gasteiger partial charge in [0, 0.05) is 12.1 Å². The quantitative estimate of drug-likeness (QED) is 0.865. The van der Waals surface area contributed by atoms with Crippen LogP contribution in [0.5, 0.6) is 11.5 Å². The van der Waals surface area contributed by atoms with E-state index >= 15 is 0 Å². The van der Waals surface area contributed by atoms with Gasteiger partial charge in [-0.25, -0.2) is 0 Å². The van der Waals surface area contributed by atoms with Crippen molar-refractivity contribution in [3.8, 4) is 11.5 Å². The van der Waals surface area contributed by atoms with Gasteiger partial charge in [-0.15, -0.1) is 0 Å². The summed E-state index contributed by atoms with van der Waals surface area (Å²) in [5.41, 5.74) is -0.700. The van der Waals surface area contributed by atoms with Gasteiger partial charge in [-0.3, -0.25) is 0 Å². The molecule has 108 valence electrons. The number of halogens is 3. The van der Waals surface area contributed by atoms with Gasteiger partial charge in [-0.05, 0) is 13.1 Å². The van der Waals surface area contributed by atoms with Crippen LogP contribution in [0, 0.1) is 0 Å². The molecule has 1 aromatic carbocycles. The van der Waals surface area contributed by atoms with Crippen molar-refractivity contribution in [1.82, 2.24) is 5.32 Å². The van der Waals surface area contributed by atoms with Crippen LogP contribution in [0.25, 0.3) is 0 Å². The molecule has 1 unspecified atom stereocenters. The van der Waals surface area contributed by atoms with E-state index in [-0.39, 0.29) is 17.9 Å². The topological polar surface area (TPSA) is 50.7 Å². The maximum Gasteiger partial charge on any atom is 0.420 e. The smallest absolute Gasteiger partial charge is 0.420 e. The molecule has 0 aliphatic heterocycles. The molecule has 4 nitrogen and oxygen atoms in total. The molecule has 0 fully saturated rings. The number of benzene rings is 1. The minimum Gasteiger partial charge on any atom is -0.492 e. The largest absolute Gasteiger partial charge is 0.492 e. The van der Waals surface area contributed by atoms with Crippen LogP contribution in [-0.2, 0) is 6.18 Å². The van der Waals surface area contributed by atoms with Crippen LogP contribution < -0.4 is 14.8 Å². The number of aliphatic hydroxyl groups excluding tert-OH is 1. The Balaban J connectivity index is 3.39. The van der Waals surface area contributed by atoms with Crippen LogP contribution in [0.3, 0.4) is 0 Å². The van der Waals surface area contributed by atoms with Gasteiger partial charge in [-0.2, -0.15) is 13.2 Å². The van der Waals surface area contributed by atoms with Crippen molar-refractivity contribution in [2.24, 2.45) is 0 Å². The summed E-state index contributed by atoms with van der Waals surface area (Å²) in [5, 5.41) is 12.6. The molecule has 0 radical (unpaired) electrons. The van der Waals surface area contributed by atoms with Crippen molar-refractivity contribution in [1.29, 1.82) is 0 Å². The van der Waals surface area contributed by atoms with E-state index in [1.165, 1.54) is 13.2 Å². The first kappa shape index (κ1) is 15.6. The molecule has 1 atom stereocenters. The Hall–Kier alpha value is -1.47. The van der Waals surface area contributed by atoms with Gasteiger partial charge in [0.15, 0.2) is 11.5 Å². The second kappa shape index (κ2) is 6.12. The van der Waals surface area contributed by atoms with Crippen LogP contribution >= 0.6 is 0 Å². The number of nitrogens with one attached hydrogen (secondary N) is 1. The highest BCUT2D eigenvalue weighted by molar-refractivity contribution is 5.54. The van der Waals surface area contributed by atoms with E-state index < -0.39 is 23.6 Å². The molecule has 0 aliphatic rings. The summed E-state index contributed by atoms with van der Waals surface area (Å²) in [6.45, 7) is 0.185. The summed E-state index contributed by atoms with van der Waals surface area (Å²) in [6.07, 6.45) is -5.54. The van der Waals surface area contributed by atoms with E-state index in [2.05, 4.69) is 5.32 Å². The van der Waals surface area contributed by atoms with Crippen molar-refractivity contribution in [3.63, 3.8) is 0 Å². The van der Waals surface area contributed by atoms with E-state index in [1.54, 1.807) is 7.05 Å². The lowest BCUT2D eigenvalue weighted by atomic mass is 10.0. The lowest BCUT2D eigenvalue weighted by Gasteiger charge is -2.20. The number of rotatable bonds is 5. The number of likely N-dealkylation sites (N-methyl/N-ethyl adjacent to an activating group) is 1. The predicted molar refractivity (Wildman–Crippen MR) is 63.4 cm³/mol. The average molecular weight is 279 g/mol. The van der Waals surface area contributed by atoms with Gasteiger partial charge in [-0.1, -0.05) is 6.07 Å². The molecule has 0 aliphatic carbocycles. The maximum absolute atomic E-state index is 12.8. The first-order chi connectivity index (χ1) is 8.86. The molecule has 0 amide bonds. The highest BCUT2D eigenvalue weighted by atomic mass is 19.4. The van der Waals surface area contributed by atoms with Gasteiger partial charge in [0.2, 0.25) is 0 Å². The van der Waals surface area contributed by atoms with Crippen molar-refractivity contribution in [3.05, 3.63) is 23.3 Å². The first-order valence-electron chi connectivity index (χ1n) is 5.51. The van der Waals surface area contributed by atoms with E-state index in [9.17, 15) is 18.3 Å². The zero-order chi connectivity index (χ0) is 14.6. The monoisotopic (exact) mass is 279 g/mol. The lowest BCUT2D eigenvalue weighted by Crippen LogP contribution is -2.18. The van der Waals surface area contributed by atoms with Gasteiger partial charge in [0.05, 0.1) is 20.3 Å². The van der Waals surface area contributed by atoms with Crippen LogP contribution in [0.2, 0.25) is 0 Å². The Labute approximate surface area is 109 Å². The Morgan fingerprint density at radius 2 is 1.79 bits per heavy atom. The van der Waals surface area contributed by atoms with E-state index in [4.69, 9.17) is 9.47 Å². The molecule has 0 bridgehead atoms. The average Bonchev–Trinajstić information content (AvgIpc) is 2.35. The van der Waals surface area contributed by atoms with Crippen LogP contribution in [-0.4, -0.2) is 32.9 Å². The summed E-state index contributed by atoms with van der Waals surface area (Å²) >= 11 is 0. The molecule has 19 heavy (non-hydrogen) atoms. The normalized spacial score (nSPS) is 13.2. The molecule has 1 aromatic rings. The maximum atomic E-state index is 12.8.